The van der Waals surface area contributed by atoms with Crippen LogP contribution in [0.5, 0.6) is 11.5 Å². The molecular weight excluding hydrogens is 538 g/mol. The largest absolute Gasteiger partial charge is 0.508 e. The molecule has 1 saturated carbocycles. The van der Waals surface area contributed by atoms with Crippen LogP contribution < -0.4 is 4.74 Å². The highest BCUT2D eigenvalue weighted by Crippen LogP contribution is 2.60. The first-order valence-corrected chi connectivity index (χ1v) is 11.9. The third-order valence-electron chi connectivity index (χ3n) is 6.12. The number of phenols is 1. The predicted molar refractivity (Wildman–Crippen MR) is 122 cm³/mol. The van der Waals surface area contributed by atoms with Crippen molar-refractivity contribution in [3.05, 3.63) is 23.3 Å². The van der Waals surface area contributed by atoms with Crippen molar-refractivity contribution < 1.29 is 9.84 Å². The molecule has 0 spiro atoms. The van der Waals surface area contributed by atoms with Crippen LogP contribution in [0.4, 0.5) is 0 Å². The smallest absolute Gasteiger partial charge is 0.127 e. The van der Waals surface area contributed by atoms with Crippen molar-refractivity contribution in [2.75, 3.05) is 0 Å². The first-order valence-electron chi connectivity index (χ1n) is 9.55. The second-order valence-electron chi connectivity index (χ2n) is 8.54. The fourth-order valence-electron chi connectivity index (χ4n) is 4.63. The minimum absolute atomic E-state index is 0.178. The van der Waals surface area contributed by atoms with Crippen LogP contribution in [0, 0.1) is 5.92 Å². The summed E-state index contributed by atoms with van der Waals surface area (Å²) in [6, 6.07) is 4.20. The maximum absolute atomic E-state index is 10.9. The van der Waals surface area contributed by atoms with Gasteiger partial charge in [0.25, 0.3) is 0 Å². The molecule has 1 heterocycles. The lowest BCUT2D eigenvalue weighted by Crippen LogP contribution is -2.53. The maximum Gasteiger partial charge on any atom is 0.127 e. The Bertz CT molecular complexity index is 639. The van der Waals surface area contributed by atoms with Gasteiger partial charge in [-0.1, -0.05) is 64.9 Å². The van der Waals surface area contributed by atoms with E-state index in [1.54, 1.807) is 0 Å². The molecule has 0 amide bonds. The van der Waals surface area contributed by atoms with Crippen molar-refractivity contribution in [1.82, 2.24) is 0 Å². The van der Waals surface area contributed by atoms with Gasteiger partial charge in [0.15, 0.2) is 0 Å². The minimum Gasteiger partial charge on any atom is -0.508 e. The van der Waals surface area contributed by atoms with Crippen molar-refractivity contribution in [3.8, 4) is 11.5 Å². The van der Waals surface area contributed by atoms with E-state index in [0.717, 1.165) is 24.2 Å². The van der Waals surface area contributed by atoms with Crippen LogP contribution in [0.15, 0.2) is 12.1 Å². The molecule has 25 heavy (non-hydrogen) atoms. The summed E-state index contributed by atoms with van der Waals surface area (Å²) in [5, 5.41) is 10.9. The number of hydrogen-bond acceptors (Lipinski definition) is 2. The molecule has 2 unspecified atom stereocenters. The molecule has 1 aromatic carbocycles. The van der Waals surface area contributed by atoms with Gasteiger partial charge in [0, 0.05) is 24.7 Å². The number of halogens is 2. The van der Waals surface area contributed by atoms with Crippen LogP contribution >= 0.6 is 45.2 Å². The van der Waals surface area contributed by atoms with Gasteiger partial charge < -0.3 is 9.84 Å². The molecule has 2 aliphatic rings. The normalized spacial score (nSPS) is 33.3. The molecule has 0 bridgehead atoms. The number of benzene rings is 1. The van der Waals surface area contributed by atoms with Gasteiger partial charge in [-0.05, 0) is 64.2 Å². The number of ether oxygens (including phenoxy) is 1. The van der Waals surface area contributed by atoms with Gasteiger partial charge in [0.1, 0.15) is 17.1 Å². The average molecular weight is 568 g/mol. The number of unbranched alkanes of at least 4 members (excludes halogenated alkanes) is 2. The van der Waals surface area contributed by atoms with Crippen molar-refractivity contribution in [2.45, 2.75) is 85.1 Å². The summed E-state index contributed by atoms with van der Waals surface area (Å²) in [5.41, 5.74) is 2.09. The lowest BCUT2D eigenvalue weighted by molar-refractivity contribution is -0.00706. The third-order valence-corrected chi connectivity index (χ3v) is 10.7. The Morgan fingerprint density at radius 2 is 1.96 bits per heavy atom. The van der Waals surface area contributed by atoms with Crippen molar-refractivity contribution in [3.63, 3.8) is 0 Å². The molecular formula is C21H30I2O2. The monoisotopic (exact) mass is 568 g/mol. The fourth-order valence-corrected chi connectivity index (χ4v) is 6.50. The highest BCUT2D eigenvalue weighted by molar-refractivity contribution is 14.1. The number of aromatic hydroxyl groups is 1. The van der Waals surface area contributed by atoms with Gasteiger partial charge in [-0.2, -0.15) is 0 Å². The number of rotatable bonds is 4. The summed E-state index contributed by atoms with van der Waals surface area (Å²) in [7, 11) is 0. The first-order chi connectivity index (χ1) is 11.7. The minimum atomic E-state index is -0.178. The zero-order valence-electron chi connectivity index (χ0n) is 15.7. The van der Waals surface area contributed by atoms with E-state index >= 15 is 0 Å². The molecule has 0 aromatic heterocycles. The van der Waals surface area contributed by atoms with Gasteiger partial charge in [-0.25, -0.2) is 0 Å². The Balaban J connectivity index is 2.02. The molecule has 1 aliphatic heterocycles. The molecule has 1 aliphatic carbocycles. The second kappa shape index (κ2) is 7.36. The van der Waals surface area contributed by atoms with Crippen LogP contribution in [0.3, 0.4) is 0 Å². The van der Waals surface area contributed by atoms with Crippen LogP contribution in [0.2, 0.25) is 0 Å². The van der Waals surface area contributed by atoms with Crippen molar-refractivity contribution in [2.24, 2.45) is 5.92 Å². The van der Waals surface area contributed by atoms with Crippen molar-refractivity contribution >= 4 is 45.2 Å². The van der Waals surface area contributed by atoms with Crippen LogP contribution in [0.1, 0.15) is 76.8 Å². The number of aryl methyl sites for hydroxylation is 1. The summed E-state index contributed by atoms with van der Waals surface area (Å²) < 4.78 is 7.22. The fraction of sp³-hybridized carbons (Fsp3) is 0.714. The average Bonchev–Trinajstić information content (AvgIpc) is 2.50. The zero-order chi connectivity index (χ0) is 18.4. The molecule has 1 N–H and O–H groups in total. The SMILES string of the molecule is CCCCCc1cc(O)c2c(c1)OC(C)(C)[C@@H]1CCC(C)(I)C(I)[C@@H]21. The van der Waals surface area contributed by atoms with Crippen molar-refractivity contribution in [1.29, 1.82) is 0 Å². The van der Waals surface area contributed by atoms with E-state index in [4.69, 9.17) is 4.74 Å². The molecule has 4 heteroatoms. The van der Waals surface area contributed by atoms with E-state index in [2.05, 4.69) is 78.9 Å². The van der Waals surface area contributed by atoms with Gasteiger partial charge in [-0.3, -0.25) is 0 Å². The standard InChI is InChI=1S/C21H30I2O2/c1-5-6-7-8-13-11-15(24)18-16(12-13)25-20(2,3)14-9-10-21(4,23)19(22)17(14)18/h11-12,14,17,19,24H,5-10H2,1-4H3/t14-,17-,19?,21?/m1/s1. The Hall–Kier alpha value is 0.280. The molecule has 0 radical (unpaired) electrons. The Kier molecular flexibility index (Phi) is 5.90. The highest BCUT2D eigenvalue weighted by Gasteiger charge is 2.54. The number of hydrogen-bond donors (Lipinski definition) is 1. The van der Waals surface area contributed by atoms with Gasteiger partial charge >= 0.3 is 0 Å². The highest BCUT2D eigenvalue weighted by atomic mass is 127. The lowest BCUT2D eigenvalue weighted by atomic mass is 9.64. The second-order valence-corrected chi connectivity index (χ2v) is 12.3. The summed E-state index contributed by atoms with van der Waals surface area (Å²) >= 11 is 5.25. The molecule has 0 saturated heterocycles. The maximum atomic E-state index is 10.9. The zero-order valence-corrected chi connectivity index (χ0v) is 20.1. The van der Waals surface area contributed by atoms with E-state index in [9.17, 15) is 5.11 Å². The van der Waals surface area contributed by atoms with Gasteiger partial charge in [0.05, 0.1) is 0 Å². The molecule has 140 valence electrons. The van der Waals surface area contributed by atoms with Gasteiger partial charge in [0.2, 0.25) is 0 Å². The number of fused-ring (bicyclic) bond motifs is 3. The van der Waals surface area contributed by atoms with E-state index in [-0.39, 0.29) is 9.02 Å². The number of alkyl halides is 2. The first kappa shape index (κ1) is 20.0. The van der Waals surface area contributed by atoms with Crippen LogP contribution in [-0.2, 0) is 6.42 Å². The molecule has 1 aromatic rings. The lowest BCUT2D eigenvalue weighted by Gasteiger charge is -2.53. The van der Waals surface area contributed by atoms with Gasteiger partial charge in [-0.15, -0.1) is 0 Å². The Morgan fingerprint density at radius 1 is 1.24 bits per heavy atom. The molecule has 3 rings (SSSR count). The molecule has 2 nitrogen and oxygen atoms in total. The van der Waals surface area contributed by atoms with E-state index < -0.39 is 0 Å². The molecule has 4 atom stereocenters. The van der Waals surface area contributed by atoms with E-state index in [1.165, 1.54) is 31.2 Å². The summed E-state index contributed by atoms with van der Waals surface area (Å²) in [5.74, 6) is 2.19. The summed E-state index contributed by atoms with van der Waals surface area (Å²) in [4.78, 5) is 0. The van der Waals surface area contributed by atoms with Crippen LogP contribution in [-0.4, -0.2) is 18.1 Å². The predicted octanol–water partition coefficient (Wildman–Crippen LogP) is 6.79. The molecule has 1 fully saturated rings. The van der Waals surface area contributed by atoms with Crippen LogP contribution in [0.25, 0.3) is 0 Å². The third kappa shape index (κ3) is 3.81. The summed E-state index contributed by atoms with van der Waals surface area (Å²) in [6.07, 6.45) is 7.01. The number of phenolic OH excluding ortho intramolecular Hbond substituents is 1. The summed E-state index contributed by atoms with van der Waals surface area (Å²) in [6.45, 7) is 9.04. The van der Waals surface area contributed by atoms with E-state index in [0.29, 0.717) is 21.5 Å². The Labute approximate surface area is 179 Å². The Morgan fingerprint density at radius 3 is 2.64 bits per heavy atom. The van der Waals surface area contributed by atoms with E-state index in [1.807, 2.05) is 6.07 Å². The quantitative estimate of drug-likeness (QED) is 0.247. The topological polar surface area (TPSA) is 29.5 Å².